The Kier molecular flexibility index (Phi) is 4.61. The predicted molar refractivity (Wildman–Crippen MR) is 94.3 cm³/mol. The number of benzene rings is 2. The van der Waals surface area contributed by atoms with Gasteiger partial charge in [0.05, 0.1) is 0 Å². The van der Waals surface area contributed by atoms with Crippen LogP contribution in [0.2, 0.25) is 0 Å². The minimum Gasteiger partial charge on any atom is -0.296 e. The van der Waals surface area contributed by atoms with E-state index >= 15 is 0 Å². The second-order valence-electron chi connectivity index (χ2n) is 5.74. The number of hydrogen-bond donors (Lipinski definition) is 0. The highest BCUT2D eigenvalue weighted by atomic mass is 31.2. The van der Waals surface area contributed by atoms with Crippen molar-refractivity contribution in [1.82, 2.24) is 4.67 Å². The molecule has 0 aliphatic carbocycles. The standard InChI is InChI=1S/C19H22NOP/c1-2-3-6-11-17-16-20(17)22(21,18-12-7-4-8-13-18)19-14-9-5-10-15-19/h2,4-5,7-10,12-15,17H,1,3,6,11,16H2. The first-order chi connectivity index (χ1) is 10.8. The molecule has 2 nitrogen and oxygen atoms in total. The summed E-state index contributed by atoms with van der Waals surface area (Å²) in [6.45, 7) is 4.70. The van der Waals surface area contributed by atoms with Crippen LogP contribution in [0, 0.1) is 0 Å². The van der Waals surface area contributed by atoms with E-state index in [1.54, 1.807) is 0 Å². The molecule has 1 aliphatic heterocycles. The van der Waals surface area contributed by atoms with Crippen molar-refractivity contribution in [1.29, 1.82) is 0 Å². The summed E-state index contributed by atoms with van der Waals surface area (Å²) in [4.78, 5) is 0. The van der Waals surface area contributed by atoms with Gasteiger partial charge in [-0.3, -0.25) is 4.57 Å². The van der Waals surface area contributed by atoms with Gasteiger partial charge in [0.25, 0.3) is 0 Å². The van der Waals surface area contributed by atoms with Gasteiger partial charge >= 0.3 is 0 Å². The summed E-state index contributed by atoms with van der Waals surface area (Å²) in [5.41, 5.74) is 0. The molecule has 0 radical (unpaired) electrons. The highest BCUT2D eigenvalue weighted by molar-refractivity contribution is 7.76. The van der Waals surface area contributed by atoms with Crippen molar-refractivity contribution in [3.8, 4) is 0 Å². The Labute approximate surface area is 132 Å². The van der Waals surface area contributed by atoms with Crippen LogP contribution < -0.4 is 10.6 Å². The average molecular weight is 311 g/mol. The van der Waals surface area contributed by atoms with Crippen molar-refractivity contribution in [2.24, 2.45) is 0 Å². The lowest BCUT2D eigenvalue weighted by Gasteiger charge is -2.21. The lowest BCUT2D eigenvalue weighted by atomic mass is 10.2. The van der Waals surface area contributed by atoms with Crippen molar-refractivity contribution in [2.45, 2.75) is 25.3 Å². The molecule has 2 aromatic carbocycles. The Morgan fingerprint density at radius 3 is 2.09 bits per heavy atom. The van der Waals surface area contributed by atoms with E-state index in [4.69, 9.17) is 0 Å². The molecule has 1 saturated heterocycles. The molecule has 22 heavy (non-hydrogen) atoms. The van der Waals surface area contributed by atoms with E-state index in [2.05, 4.69) is 11.2 Å². The molecule has 2 unspecified atom stereocenters. The van der Waals surface area contributed by atoms with Crippen molar-refractivity contribution in [3.05, 3.63) is 73.3 Å². The smallest absolute Gasteiger partial charge is 0.207 e. The summed E-state index contributed by atoms with van der Waals surface area (Å²) in [5, 5.41) is 1.87. The Bertz CT molecular complexity index is 625. The average Bonchev–Trinajstić information content (AvgIpc) is 3.36. The minimum atomic E-state index is -2.68. The topological polar surface area (TPSA) is 20.1 Å². The molecule has 0 amide bonds. The van der Waals surface area contributed by atoms with Gasteiger partial charge in [-0.15, -0.1) is 6.58 Å². The van der Waals surface area contributed by atoms with Crippen LogP contribution >= 0.6 is 7.29 Å². The van der Waals surface area contributed by atoms with Gasteiger partial charge in [0.15, 0.2) is 0 Å². The molecule has 114 valence electrons. The molecule has 3 rings (SSSR count). The number of rotatable bonds is 7. The van der Waals surface area contributed by atoms with Gasteiger partial charge in [-0.25, -0.2) is 4.67 Å². The molecule has 0 spiro atoms. The number of allylic oxidation sites excluding steroid dienone is 1. The van der Waals surface area contributed by atoms with Crippen LogP contribution in [0.3, 0.4) is 0 Å². The van der Waals surface area contributed by atoms with Crippen LogP contribution in [0.25, 0.3) is 0 Å². The fourth-order valence-corrected chi connectivity index (χ4v) is 6.00. The molecule has 3 heteroatoms. The number of hydrogen-bond acceptors (Lipinski definition) is 1. The third-order valence-corrected chi connectivity index (χ3v) is 7.42. The third-order valence-electron chi connectivity index (χ3n) is 4.21. The molecule has 2 aromatic rings. The van der Waals surface area contributed by atoms with Gasteiger partial charge in [-0.05, 0) is 43.5 Å². The summed E-state index contributed by atoms with van der Waals surface area (Å²) < 4.78 is 16.1. The van der Waals surface area contributed by atoms with E-state index in [9.17, 15) is 4.57 Å². The van der Waals surface area contributed by atoms with E-state index in [0.717, 1.165) is 36.4 Å². The normalized spacial score (nSPS) is 20.5. The van der Waals surface area contributed by atoms with Crippen molar-refractivity contribution in [2.75, 3.05) is 6.54 Å². The first kappa shape index (κ1) is 15.3. The van der Waals surface area contributed by atoms with Crippen molar-refractivity contribution in [3.63, 3.8) is 0 Å². The van der Waals surface area contributed by atoms with Gasteiger partial charge in [0.2, 0.25) is 7.29 Å². The second kappa shape index (κ2) is 6.64. The zero-order valence-corrected chi connectivity index (χ0v) is 13.7. The van der Waals surface area contributed by atoms with Crippen LogP contribution in [0.4, 0.5) is 0 Å². The van der Waals surface area contributed by atoms with Crippen molar-refractivity contribution >= 4 is 17.9 Å². The molecule has 2 atom stereocenters. The fourth-order valence-electron chi connectivity index (χ4n) is 2.96. The Morgan fingerprint density at radius 1 is 1.05 bits per heavy atom. The van der Waals surface area contributed by atoms with E-state index < -0.39 is 7.29 Å². The highest BCUT2D eigenvalue weighted by Crippen LogP contribution is 2.55. The summed E-state index contributed by atoms with van der Waals surface area (Å²) in [5.74, 6) is 0. The second-order valence-corrected chi connectivity index (χ2v) is 8.44. The van der Waals surface area contributed by atoms with Gasteiger partial charge in [0, 0.05) is 23.2 Å². The Morgan fingerprint density at radius 2 is 1.59 bits per heavy atom. The largest absolute Gasteiger partial charge is 0.296 e. The van der Waals surface area contributed by atoms with Gasteiger partial charge in [-0.2, -0.15) is 0 Å². The predicted octanol–water partition coefficient (Wildman–Crippen LogP) is 3.96. The van der Waals surface area contributed by atoms with E-state index in [1.165, 1.54) is 0 Å². The van der Waals surface area contributed by atoms with E-state index in [-0.39, 0.29) is 0 Å². The molecule has 0 aromatic heterocycles. The van der Waals surface area contributed by atoms with Gasteiger partial charge in [0.1, 0.15) is 0 Å². The van der Waals surface area contributed by atoms with E-state index in [1.807, 2.05) is 66.7 Å². The zero-order valence-electron chi connectivity index (χ0n) is 12.8. The SMILES string of the molecule is C=CCCCC1CN1P(=O)(c1ccccc1)c1ccccc1. The van der Waals surface area contributed by atoms with Crippen LogP contribution in [-0.4, -0.2) is 17.3 Å². The highest BCUT2D eigenvalue weighted by Gasteiger charge is 2.48. The zero-order chi connectivity index (χ0) is 15.4. The van der Waals surface area contributed by atoms with Crippen LogP contribution in [0.15, 0.2) is 73.3 Å². The fraction of sp³-hybridized carbons (Fsp3) is 0.263. The molecule has 0 bridgehead atoms. The first-order valence-electron chi connectivity index (χ1n) is 7.86. The lowest BCUT2D eigenvalue weighted by molar-refractivity contribution is 0.552. The summed E-state index contributed by atoms with van der Waals surface area (Å²) in [7, 11) is -2.68. The molecule has 0 saturated carbocycles. The monoisotopic (exact) mass is 311 g/mol. The maximum atomic E-state index is 13.9. The summed E-state index contributed by atoms with van der Waals surface area (Å²) in [6, 6.07) is 20.3. The summed E-state index contributed by atoms with van der Waals surface area (Å²) >= 11 is 0. The number of nitrogens with zero attached hydrogens (tertiary/aromatic N) is 1. The molecule has 0 N–H and O–H groups in total. The first-order valence-corrected chi connectivity index (χ1v) is 9.52. The number of unbranched alkanes of at least 4 members (excludes halogenated alkanes) is 1. The molecule has 1 fully saturated rings. The van der Waals surface area contributed by atoms with E-state index in [0.29, 0.717) is 6.04 Å². The van der Waals surface area contributed by atoms with Crippen LogP contribution in [0.1, 0.15) is 19.3 Å². The summed E-state index contributed by atoms with van der Waals surface area (Å²) in [6.07, 6.45) is 5.20. The lowest BCUT2D eigenvalue weighted by Crippen LogP contribution is -2.22. The van der Waals surface area contributed by atoms with Crippen LogP contribution in [-0.2, 0) is 4.57 Å². The van der Waals surface area contributed by atoms with Gasteiger partial charge in [-0.1, -0.05) is 42.5 Å². The minimum absolute atomic E-state index is 0.436. The Balaban J connectivity index is 1.89. The maximum Gasteiger partial charge on any atom is 0.207 e. The molecular formula is C19H22NOP. The Hall–Kier alpha value is -1.63. The third kappa shape index (κ3) is 2.95. The van der Waals surface area contributed by atoms with Crippen LogP contribution in [0.5, 0.6) is 0 Å². The molecular weight excluding hydrogens is 289 g/mol. The van der Waals surface area contributed by atoms with Crippen molar-refractivity contribution < 1.29 is 4.57 Å². The van der Waals surface area contributed by atoms with Gasteiger partial charge < -0.3 is 0 Å². The quantitative estimate of drug-likeness (QED) is 0.334. The molecule has 1 aliphatic rings. The maximum absolute atomic E-state index is 13.9. The molecule has 1 heterocycles.